The molecule has 5 N–H and O–H groups in total. The molecule has 13 heteroatoms. The van der Waals surface area contributed by atoms with Crippen molar-refractivity contribution in [1.82, 2.24) is 36.2 Å². The van der Waals surface area contributed by atoms with E-state index in [0.29, 0.717) is 76.9 Å². The lowest BCUT2D eigenvalue weighted by atomic mass is 9.98. The molecule has 2 aliphatic rings. The van der Waals surface area contributed by atoms with Crippen molar-refractivity contribution < 1.29 is 14.3 Å². The van der Waals surface area contributed by atoms with E-state index in [-0.39, 0.29) is 23.9 Å². The molecule has 10 nitrogen and oxygen atoms in total. The van der Waals surface area contributed by atoms with E-state index in [1.807, 2.05) is 60.7 Å². The second-order valence-corrected chi connectivity index (χ2v) is 13.7. The van der Waals surface area contributed by atoms with Gasteiger partial charge in [-0.2, -0.15) is 0 Å². The van der Waals surface area contributed by atoms with Crippen molar-refractivity contribution in [3.8, 4) is 39.5 Å². The Morgan fingerprint density at radius 3 is 1.86 bits per heavy atom. The van der Waals surface area contributed by atoms with Crippen molar-refractivity contribution in [2.75, 3.05) is 20.2 Å². The molecule has 0 bridgehead atoms. The Hall–Kier alpha value is -4.19. The molecule has 2 amide bonds. The summed E-state index contributed by atoms with van der Waals surface area (Å²) in [6, 6.07) is 19.6. The van der Waals surface area contributed by atoms with E-state index in [0.717, 1.165) is 51.9 Å². The Morgan fingerprint density at radius 2 is 1.28 bits per heavy atom. The number of pyridine rings is 2. The molecule has 0 spiro atoms. The molecule has 5 aromatic rings. The first-order valence-electron chi connectivity index (χ1n) is 16.6. The summed E-state index contributed by atoms with van der Waals surface area (Å²) >= 11 is 21.0. The van der Waals surface area contributed by atoms with Crippen molar-refractivity contribution in [3.63, 3.8) is 0 Å². The molecule has 0 saturated carbocycles. The van der Waals surface area contributed by atoms with Crippen LogP contribution in [0, 0.1) is 0 Å². The molecular formula is C37H36Cl3N7O3. The maximum absolute atomic E-state index is 11.5. The number of halogens is 3. The van der Waals surface area contributed by atoms with E-state index in [9.17, 15) is 9.59 Å². The SMILES string of the molecule is COc1nc(-c2cccc(-c3cccc(-c4ccc5[nH]c(CNC[C@H]6CCC(=O)N6)c(Cl)c5n4)c3Cl)c2Cl)ccc1CNC[C@@H]1CCC(=O)N1. The minimum Gasteiger partial charge on any atom is -0.481 e. The maximum atomic E-state index is 11.5. The summed E-state index contributed by atoms with van der Waals surface area (Å²) in [5, 5.41) is 14.3. The van der Waals surface area contributed by atoms with Gasteiger partial charge in [0.25, 0.3) is 0 Å². The summed E-state index contributed by atoms with van der Waals surface area (Å²) < 4.78 is 5.65. The summed E-state index contributed by atoms with van der Waals surface area (Å²) in [5.41, 5.74) is 7.55. The molecule has 0 radical (unpaired) electrons. The highest BCUT2D eigenvalue weighted by Crippen LogP contribution is 2.42. The average molecular weight is 733 g/mol. The summed E-state index contributed by atoms with van der Waals surface area (Å²) in [7, 11) is 1.60. The Labute approximate surface area is 304 Å². The van der Waals surface area contributed by atoms with E-state index in [1.54, 1.807) is 7.11 Å². The predicted octanol–water partition coefficient (Wildman–Crippen LogP) is 6.66. The fourth-order valence-corrected chi connectivity index (χ4v) is 7.49. The van der Waals surface area contributed by atoms with Gasteiger partial charge < -0.3 is 31.0 Å². The van der Waals surface area contributed by atoms with Crippen LogP contribution in [0.1, 0.15) is 36.9 Å². The summed E-state index contributed by atoms with van der Waals surface area (Å²) in [6.07, 6.45) is 2.80. The van der Waals surface area contributed by atoms with Gasteiger partial charge in [0.15, 0.2) is 0 Å². The van der Waals surface area contributed by atoms with Gasteiger partial charge in [-0.3, -0.25) is 9.59 Å². The molecule has 50 heavy (non-hydrogen) atoms. The smallest absolute Gasteiger partial charge is 0.220 e. The summed E-state index contributed by atoms with van der Waals surface area (Å²) in [5.74, 6) is 0.688. The van der Waals surface area contributed by atoms with Crippen LogP contribution < -0.4 is 26.0 Å². The second-order valence-electron chi connectivity index (χ2n) is 12.6. The van der Waals surface area contributed by atoms with Crippen LogP contribution in [-0.4, -0.2) is 59.0 Å². The van der Waals surface area contributed by atoms with E-state index in [2.05, 4.69) is 26.3 Å². The molecule has 7 rings (SSSR count). The first-order valence-corrected chi connectivity index (χ1v) is 17.7. The molecule has 2 aromatic carbocycles. The zero-order valence-corrected chi connectivity index (χ0v) is 29.6. The van der Waals surface area contributed by atoms with Gasteiger partial charge in [-0.25, -0.2) is 9.97 Å². The quantitative estimate of drug-likeness (QED) is 0.0969. The fourth-order valence-electron chi connectivity index (χ4n) is 6.58. The monoisotopic (exact) mass is 731 g/mol. The number of nitrogens with zero attached hydrogens (tertiary/aromatic N) is 2. The van der Waals surface area contributed by atoms with Gasteiger partial charge in [-0.05, 0) is 31.0 Å². The van der Waals surface area contributed by atoms with Gasteiger partial charge in [-0.15, -0.1) is 0 Å². The Morgan fingerprint density at radius 1 is 0.720 bits per heavy atom. The zero-order chi connectivity index (χ0) is 34.8. The molecule has 2 aliphatic heterocycles. The number of hydrogen-bond acceptors (Lipinski definition) is 7. The topological polar surface area (TPSA) is 133 Å². The highest BCUT2D eigenvalue weighted by atomic mass is 35.5. The van der Waals surface area contributed by atoms with Crippen molar-refractivity contribution in [2.24, 2.45) is 0 Å². The largest absolute Gasteiger partial charge is 0.481 e. The number of methoxy groups -OCH3 is 1. The number of aromatic nitrogens is 3. The summed E-state index contributed by atoms with van der Waals surface area (Å²) in [4.78, 5) is 36.1. The fraction of sp³-hybridized carbons (Fsp3) is 0.297. The second kappa shape index (κ2) is 15.0. The summed E-state index contributed by atoms with van der Waals surface area (Å²) in [6.45, 7) is 2.40. The first-order chi connectivity index (χ1) is 24.3. The lowest BCUT2D eigenvalue weighted by molar-refractivity contribution is -0.120. The van der Waals surface area contributed by atoms with Crippen molar-refractivity contribution in [3.05, 3.63) is 87.0 Å². The van der Waals surface area contributed by atoms with Crippen LogP contribution in [-0.2, 0) is 22.7 Å². The number of hydrogen-bond donors (Lipinski definition) is 5. The van der Waals surface area contributed by atoms with Gasteiger partial charge in [0.2, 0.25) is 17.7 Å². The zero-order valence-electron chi connectivity index (χ0n) is 27.3. The van der Waals surface area contributed by atoms with Gasteiger partial charge in [0, 0.05) is 78.9 Å². The standard InChI is InChI=1S/C37H36Cl3N7O3/c1-50-37-20(16-41-17-21-9-14-31(48)43-21)8-11-28(47-37)26-7-3-5-24(34(26)39)23-4-2-6-25(33(23)38)27-12-13-29-36(46-27)35(40)30(45-29)19-42-18-22-10-15-32(49)44-22/h2-8,11-13,21-22,41-42,45H,9-10,14-19H2,1H3,(H,43,48)(H,44,49)/t21-,22+/m0/s1. The number of ether oxygens (including phenoxy) is 1. The van der Waals surface area contributed by atoms with Gasteiger partial charge >= 0.3 is 0 Å². The molecule has 258 valence electrons. The highest BCUT2D eigenvalue weighted by Gasteiger charge is 2.22. The minimum absolute atomic E-state index is 0.0935. The van der Waals surface area contributed by atoms with Crippen molar-refractivity contribution >= 4 is 57.7 Å². The molecule has 3 aromatic heterocycles. The van der Waals surface area contributed by atoms with Crippen LogP contribution in [0.15, 0.2) is 60.7 Å². The third-order valence-electron chi connectivity index (χ3n) is 9.19. The van der Waals surface area contributed by atoms with Crippen LogP contribution in [0.2, 0.25) is 15.1 Å². The number of carbonyl (C=O) groups is 2. The van der Waals surface area contributed by atoms with Crippen LogP contribution in [0.25, 0.3) is 44.7 Å². The molecule has 2 atom stereocenters. The molecule has 0 aliphatic carbocycles. The lowest BCUT2D eigenvalue weighted by Gasteiger charge is -2.15. The number of carbonyl (C=O) groups excluding carboxylic acids is 2. The number of fused-ring (bicyclic) bond motifs is 1. The molecule has 2 fully saturated rings. The third kappa shape index (κ3) is 7.17. The number of aromatic amines is 1. The molecule has 0 unspecified atom stereocenters. The number of rotatable bonds is 12. The van der Waals surface area contributed by atoms with E-state index in [4.69, 9.17) is 49.5 Å². The Balaban J connectivity index is 1.11. The van der Waals surface area contributed by atoms with Crippen LogP contribution in [0.3, 0.4) is 0 Å². The van der Waals surface area contributed by atoms with Crippen LogP contribution >= 0.6 is 34.8 Å². The molecular weight excluding hydrogens is 697 g/mol. The number of nitrogens with one attached hydrogen (secondary N) is 5. The van der Waals surface area contributed by atoms with E-state index < -0.39 is 0 Å². The van der Waals surface area contributed by atoms with E-state index in [1.165, 1.54) is 0 Å². The van der Waals surface area contributed by atoms with Gasteiger partial charge in [0.1, 0.15) is 5.52 Å². The highest BCUT2D eigenvalue weighted by molar-refractivity contribution is 6.39. The predicted molar refractivity (Wildman–Crippen MR) is 198 cm³/mol. The van der Waals surface area contributed by atoms with Crippen LogP contribution in [0.5, 0.6) is 5.88 Å². The average Bonchev–Trinajstić information content (AvgIpc) is 3.83. The van der Waals surface area contributed by atoms with Crippen molar-refractivity contribution in [2.45, 2.75) is 50.9 Å². The number of H-pyrrole nitrogens is 1. The Kier molecular flexibility index (Phi) is 10.3. The number of benzene rings is 2. The van der Waals surface area contributed by atoms with Gasteiger partial charge in [0.05, 0.1) is 44.8 Å². The van der Waals surface area contributed by atoms with Gasteiger partial charge in [-0.1, -0.05) is 77.3 Å². The van der Waals surface area contributed by atoms with Crippen LogP contribution in [0.4, 0.5) is 0 Å². The minimum atomic E-state index is 0.0935. The van der Waals surface area contributed by atoms with E-state index >= 15 is 0 Å². The number of amides is 2. The maximum Gasteiger partial charge on any atom is 0.220 e. The van der Waals surface area contributed by atoms with Crippen molar-refractivity contribution in [1.29, 1.82) is 0 Å². The molecule has 2 saturated heterocycles. The first kappa shape index (κ1) is 34.3. The lowest BCUT2D eigenvalue weighted by Crippen LogP contribution is -2.35. The normalized spacial score (nSPS) is 17.4. The molecule has 5 heterocycles. The third-order valence-corrected chi connectivity index (χ3v) is 10.4. The Bertz CT molecular complexity index is 2090.